The Bertz CT molecular complexity index is 207. The van der Waals surface area contributed by atoms with Crippen LogP contribution in [0.15, 0.2) is 0 Å². The van der Waals surface area contributed by atoms with Gasteiger partial charge in [-0.25, -0.2) is 0 Å². The summed E-state index contributed by atoms with van der Waals surface area (Å²) in [5, 5.41) is 7.42. The monoisotopic (exact) mass is 268 g/mol. The van der Waals surface area contributed by atoms with Gasteiger partial charge < -0.3 is 10.6 Å². The molecule has 0 aromatic carbocycles. The lowest BCUT2D eigenvalue weighted by Crippen LogP contribution is -2.48. The average Bonchev–Trinajstić information content (AvgIpc) is 2.81. The van der Waals surface area contributed by atoms with Gasteiger partial charge in [0.15, 0.2) is 0 Å². The maximum Gasteiger partial charge on any atom is 0.0306 e. The molecular weight excluding hydrogens is 232 g/mol. The predicted molar refractivity (Wildman–Crippen MR) is 85.7 cm³/mol. The summed E-state index contributed by atoms with van der Waals surface area (Å²) in [6.45, 7) is 10.5. The smallest absolute Gasteiger partial charge is 0.0306 e. The highest BCUT2D eigenvalue weighted by atomic mass is 15.1. The van der Waals surface area contributed by atoms with E-state index in [0.717, 1.165) is 5.92 Å². The molecule has 19 heavy (non-hydrogen) atoms. The fraction of sp³-hybridized carbons (Fsp3) is 1.00. The molecule has 0 aromatic heterocycles. The molecule has 2 nitrogen and oxygen atoms in total. The second kappa shape index (κ2) is 9.77. The lowest BCUT2D eigenvalue weighted by atomic mass is 9.92. The Hall–Kier alpha value is -0.0800. The summed E-state index contributed by atoms with van der Waals surface area (Å²) in [4.78, 5) is 0. The third-order valence-electron chi connectivity index (χ3n) is 4.41. The summed E-state index contributed by atoms with van der Waals surface area (Å²) >= 11 is 0. The van der Waals surface area contributed by atoms with E-state index >= 15 is 0 Å². The van der Waals surface area contributed by atoms with Crippen molar-refractivity contribution in [3.63, 3.8) is 0 Å². The van der Waals surface area contributed by atoms with Crippen LogP contribution in [0.2, 0.25) is 0 Å². The zero-order chi connectivity index (χ0) is 14.0. The Kier molecular flexibility index (Phi) is 8.72. The largest absolute Gasteiger partial charge is 0.315 e. The lowest BCUT2D eigenvalue weighted by Gasteiger charge is -2.29. The molecule has 0 spiro atoms. The molecule has 1 fully saturated rings. The first-order valence-corrected chi connectivity index (χ1v) is 8.64. The maximum absolute atomic E-state index is 3.73. The first kappa shape index (κ1) is 17.0. The molecule has 1 unspecified atom stereocenters. The van der Waals surface area contributed by atoms with Crippen molar-refractivity contribution in [2.75, 3.05) is 19.6 Å². The fourth-order valence-electron chi connectivity index (χ4n) is 3.28. The van der Waals surface area contributed by atoms with Crippen LogP contribution in [-0.4, -0.2) is 25.2 Å². The average molecular weight is 268 g/mol. The molecular formula is C17H36N2. The number of hydrogen-bond donors (Lipinski definition) is 2. The lowest BCUT2D eigenvalue weighted by molar-refractivity contribution is 0.324. The molecule has 2 heteroatoms. The molecule has 114 valence electrons. The van der Waals surface area contributed by atoms with Crippen molar-refractivity contribution in [2.45, 2.75) is 84.1 Å². The summed E-state index contributed by atoms with van der Waals surface area (Å²) in [6.07, 6.45) is 12.3. The van der Waals surface area contributed by atoms with Crippen LogP contribution in [0.4, 0.5) is 0 Å². The Labute approximate surface area is 121 Å². The van der Waals surface area contributed by atoms with Crippen LogP contribution in [0.1, 0.15) is 78.6 Å². The molecule has 0 aliphatic carbocycles. The van der Waals surface area contributed by atoms with Gasteiger partial charge in [-0.3, -0.25) is 0 Å². The van der Waals surface area contributed by atoms with Gasteiger partial charge in [0.05, 0.1) is 0 Å². The van der Waals surface area contributed by atoms with Crippen LogP contribution in [0.3, 0.4) is 0 Å². The van der Waals surface area contributed by atoms with E-state index in [0.29, 0.717) is 5.54 Å². The highest BCUT2D eigenvalue weighted by Gasteiger charge is 2.31. The maximum atomic E-state index is 3.73. The predicted octanol–water partition coefficient (Wildman–Crippen LogP) is 4.10. The third-order valence-corrected chi connectivity index (χ3v) is 4.41. The van der Waals surface area contributed by atoms with Crippen molar-refractivity contribution in [1.29, 1.82) is 0 Å². The minimum absolute atomic E-state index is 0.423. The van der Waals surface area contributed by atoms with E-state index in [1.165, 1.54) is 77.4 Å². The van der Waals surface area contributed by atoms with E-state index in [1.807, 2.05) is 0 Å². The summed E-state index contributed by atoms with van der Waals surface area (Å²) in [6, 6.07) is 0. The van der Waals surface area contributed by atoms with Crippen LogP contribution < -0.4 is 10.6 Å². The molecule has 1 rings (SSSR count). The Balaban J connectivity index is 1.97. The fourth-order valence-corrected chi connectivity index (χ4v) is 3.28. The SMILES string of the molecule is CCCC1(CNCCCCCCC(C)C)CCCN1. The van der Waals surface area contributed by atoms with Gasteiger partial charge in [0, 0.05) is 12.1 Å². The number of rotatable bonds is 11. The standard InChI is InChI=1S/C17H36N2/c1-4-11-17(12-9-14-19-17)15-18-13-8-6-5-7-10-16(2)3/h16,18-19H,4-15H2,1-3H3. The van der Waals surface area contributed by atoms with Gasteiger partial charge in [-0.05, 0) is 44.7 Å². The molecule has 0 bridgehead atoms. The van der Waals surface area contributed by atoms with E-state index in [2.05, 4.69) is 31.4 Å². The minimum atomic E-state index is 0.423. The van der Waals surface area contributed by atoms with Crippen LogP contribution in [-0.2, 0) is 0 Å². The summed E-state index contributed by atoms with van der Waals surface area (Å²) < 4.78 is 0. The van der Waals surface area contributed by atoms with E-state index in [9.17, 15) is 0 Å². The Morgan fingerprint density at radius 2 is 1.95 bits per heavy atom. The second-order valence-electron chi connectivity index (χ2n) is 6.83. The first-order valence-electron chi connectivity index (χ1n) is 8.64. The number of hydrogen-bond acceptors (Lipinski definition) is 2. The molecule has 0 aromatic rings. The summed E-state index contributed by atoms with van der Waals surface area (Å²) in [5.74, 6) is 0.875. The molecule has 1 heterocycles. The highest BCUT2D eigenvalue weighted by molar-refractivity contribution is 4.94. The molecule has 1 aliphatic heterocycles. The van der Waals surface area contributed by atoms with Crippen molar-refractivity contribution in [2.24, 2.45) is 5.92 Å². The molecule has 1 atom stereocenters. The van der Waals surface area contributed by atoms with Crippen LogP contribution in [0, 0.1) is 5.92 Å². The van der Waals surface area contributed by atoms with Crippen molar-refractivity contribution in [1.82, 2.24) is 10.6 Å². The van der Waals surface area contributed by atoms with Gasteiger partial charge in [0.1, 0.15) is 0 Å². The summed E-state index contributed by atoms with van der Waals surface area (Å²) in [7, 11) is 0. The molecule has 2 N–H and O–H groups in total. The molecule has 0 radical (unpaired) electrons. The van der Waals surface area contributed by atoms with Gasteiger partial charge in [0.2, 0.25) is 0 Å². The number of unbranched alkanes of at least 4 members (excludes halogenated alkanes) is 3. The van der Waals surface area contributed by atoms with Crippen molar-refractivity contribution in [3.8, 4) is 0 Å². The Morgan fingerprint density at radius 3 is 2.58 bits per heavy atom. The van der Waals surface area contributed by atoms with Crippen molar-refractivity contribution in [3.05, 3.63) is 0 Å². The van der Waals surface area contributed by atoms with Crippen molar-refractivity contribution >= 4 is 0 Å². The van der Waals surface area contributed by atoms with E-state index in [4.69, 9.17) is 0 Å². The number of nitrogens with one attached hydrogen (secondary N) is 2. The molecule has 0 amide bonds. The molecule has 1 aliphatic rings. The molecule has 1 saturated heterocycles. The quantitative estimate of drug-likeness (QED) is 0.551. The zero-order valence-electron chi connectivity index (χ0n) is 13.6. The van der Waals surface area contributed by atoms with E-state index in [-0.39, 0.29) is 0 Å². The summed E-state index contributed by atoms with van der Waals surface area (Å²) in [5.41, 5.74) is 0.423. The van der Waals surface area contributed by atoms with Crippen LogP contribution in [0.25, 0.3) is 0 Å². The van der Waals surface area contributed by atoms with Gasteiger partial charge >= 0.3 is 0 Å². The molecule has 0 saturated carbocycles. The topological polar surface area (TPSA) is 24.1 Å². The third kappa shape index (κ3) is 7.31. The van der Waals surface area contributed by atoms with Gasteiger partial charge in [-0.1, -0.05) is 52.9 Å². The normalized spacial score (nSPS) is 23.4. The van der Waals surface area contributed by atoms with Crippen molar-refractivity contribution < 1.29 is 0 Å². The Morgan fingerprint density at radius 1 is 1.16 bits per heavy atom. The second-order valence-corrected chi connectivity index (χ2v) is 6.83. The van der Waals surface area contributed by atoms with Crippen LogP contribution in [0.5, 0.6) is 0 Å². The van der Waals surface area contributed by atoms with E-state index in [1.54, 1.807) is 0 Å². The van der Waals surface area contributed by atoms with Gasteiger partial charge in [-0.15, -0.1) is 0 Å². The van der Waals surface area contributed by atoms with Gasteiger partial charge in [-0.2, -0.15) is 0 Å². The zero-order valence-corrected chi connectivity index (χ0v) is 13.6. The highest BCUT2D eigenvalue weighted by Crippen LogP contribution is 2.23. The minimum Gasteiger partial charge on any atom is -0.315 e. The van der Waals surface area contributed by atoms with Crippen LogP contribution >= 0.6 is 0 Å². The van der Waals surface area contributed by atoms with Gasteiger partial charge in [0.25, 0.3) is 0 Å². The first-order chi connectivity index (χ1) is 9.18. The van der Waals surface area contributed by atoms with E-state index < -0.39 is 0 Å².